The number of hydrogen-bond acceptors (Lipinski definition) is 4. The standard InChI is InChI=1S/C21H22N2O4S/c1-3-27-19-10-6-9-18(14-19)22-21(24)15-23(2)28(25,26)20-12-11-16-7-4-5-8-17(16)13-20/h4-14H,3,15H2,1-2H3,(H,22,24). The number of fused-ring (bicyclic) bond motifs is 1. The molecule has 0 heterocycles. The van der Waals surface area contributed by atoms with Crippen LogP contribution in [0.1, 0.15) is 6.92 Å². The van der Waals surface area contributed by atoms with E-state index in [-0.39, 0.29) is 11.4 Å². The maximum absolute atomic E-state index is 12.8. The molecule has 7 heteroatoms. The van der Waals surface area contributed by atoms with E-state index in [1.165, 1.54) is 7.05 Å². The van der Waals surface area contributed by atoms with Crippen LogP contribution in [0.4, 0.5) is 5.69 Å². The van der Waals surface area contributed by atoms with E-state index in [1.54, 1.807) is 42.5 Å². The van der Waals surface area contributed by atoms with Crippen molar-refractivity contribution in [3.63, 3.8) is 0 Å². The van der Waals surface area contributed by atoms with Gasteiger partial charge in [-0.1, -0.05) is 36.4 Å². The largest absolute Gasteiger partial charge is 0.494 e. The van der Waals surface area contributed by atoms with Crippen molar-refractivity contribution in [2.75, 3.05) is 25.5 Å². The van der Waals surface area contributed by atoms with Crippen LogP contribution in [-0.4, -0.2) is 38.8 Å². The van der Waals surface area contributed by atoms with Gasteiger partial charge in [0.2, 0.25) is 15.9 Å². The molecule has 0 fully saturated rings. The van der Waals surface area contributed by atoms with Gasteiger partial charge in [-0.05, 0) is 42.0 Å². The summed E-state index contributed by atoms with van der Waals surface area (Å²) in [7, 11) is -2.40. The fourth-order valence-corrected chi connectivity index (χ4v) is 3.99. The van der Waals surface area contributed by atoms with E-state index >= 15 is 0 Å². The third-order valence-corrected chi connectivity index (χ3v) is 6.02. The first-order valence-electron chi connectivity index (χ1n) is 8.88. The summed E-state index contributed by atoms with van der Waals surface area (Å²) in [5.74, 6) is 0.206. The van der Waals surface area contributed by atoms with E-state index in [4.69, 9.17) is 4.74 Å². The lowest BCUT2D eigenvalue weighted by molar-refractivity contribution is -0.116. The summed E-state index contributed by atoms with van der Waals surface area (Å²) in [5, 5.41) is 4.48. The number of sulfonamides is 1. The van der Waals surface area contributed by atoms with Crippen LogP contribution in [-0.2, 0) is 14.8 Å². The highest BCUT2D eigenvalue weighted by molar-refractivity contribution is 7.89. The van der Waals surface area contributed by atoms with Crippen LogP contribution in [0.2, 0.25) is 0 Å². The second-order valence-electron chi connectivity index (χ2n) is 6.28. The average molecular weight is 398 g/mol. The number of ether oxygens (including phenoxy) is 1. The van der Waals surface area contributed by atoms with Crippen LogP contribution in [0, 0.1) is 0 Å². The van der Waals surface area contributed by atoms with Crippen molar-refractivity contribution < 1.29 is 17.9 Å². The van der Waals surface area contributed by atoms with Crippen molar-refractivity contribution in [2.45, 2.75) is 11.8 Å². The zero-order valence-corrected chi connectivity index (χ0v) is 16.6. The number of nitrogens with zero attached hydrogens (tertiary/aromatic N) is 1. The number of nitrogens with one attached hydrogen (secondary N) is 1. The second-order valence-corrected chi connectivity index (χ2v) is 8.32. The van der Waals surface area contributed by atoms with Crippen molar-refractivity contribution in [2.24, 2.45) is 0 Å². The van der Waals surface area contributed by atoms with Crippen molar-refractivity contribution in [1.82, 2.24) is 4.31 Å². The molecular formula is C21H22N2O4S. The second kappa shape index (κ2) is 8.41. The van der Waals surface area contributed by atoms with Gasteiger partial charge < -0.3 is 10.1 Å². The molecule has 3 rings (SSSR count). The molecule has 0 saturated heterocycles. The SMILES string of the molecule is CCOc1cccc(NC(=O)CN(C)S(=O)(=O)c2ccc3ccccc3c2)c1. The van der Waals surface area contributed by atoms with Crippen LogP contribution in [0.25, 0.3) is 10.8 Å². The third-order valence-electron chi connectivity index (χ3n) is 4.22. The lowest BCUT2D eigenvalue weighted by atomic mass is 10.1. The molecule has 0 bridgehead atoms. The van der Waals surface area contributed by atoms with Gasteiger partial charge in [-0.2, -0.15) is 4.31 Å². The topological polar surface area (TPSA) is 75.7 Å². The smallest absolute Gasteiger partial charge is 0.243 e. The van der Waals surface area contributed by atoms with E-state index in [1.807, 2.05) is 31.2 Å². The van der Waals surface area contributed by atoms with Crippen molar-refractivity contribution in [1.29, 1.82) is 0 Å². The molecule has 0 saturated carbocycles. The first-order valence-corrected chi connectivity index (χ1v) is 10.3. The van der Waals surface area contributed by atoms with E-state index < -0.39 is 15.9 Å². The number of likely N-dealkylation sites (N-methyl/N-ethyl adjacent to an activating group) is 1. The number of hydrogen-bond donors (Lipinski definition) is 1. The maximum Gasteiger partial charge on any atom is 0.243 e. The molecular weight excluding hydrogens is 376 g/mol. The summed E-state index contributed by atoms with van der Waals surface area (Å²) in [5.41, 5.74) is 0.549. The van der Waals surface area contributed by atoms with Crippen molar-refractivity contribution in [3.8, 4) is 5.75 Å². The molecule has 3 aromatic carbocycles. The molecule has 0 aromatic heterocycles. The molecule has 1 N–H and O–H groups in total. The summed E-state index contributed by atoms with van der Waals surface area (Å²) in [6, 6.07) is 19.4. The number of amides is 1. The highest BCUT2D eigenvalue weighted by atomic mass is 32.2. The zero-order valence-electron chi connectivity index (χ0n) is 15.8. The van der Waals surface area contributed by atoms with Crippen LogP contribution in [0.5, 0.6) is 5.75 Å². The molecule has 1 amide bonds. The average Bonchev–Trinajstić information content (AvgIpc) is 2.68. The summed E-state index contributed by atoms with van der Waals surface area (Å²) >= 11 is 0. The van der Waals surface area contributed by atoms with E-state index in [9.17, 15) is 13.2 Å². The molecule has 0 aliphatic carbocycles. The molecule has 3 aromatic rings. The molecule has 0 atom stereocenters. The molecule has 28 heavy (non-hydrogen) atoms. The minimum Gasteiger partial charge on any atom is -0.494 e. The van der Waals surface area contributed by atoms with Gasteiger partial charge in [-0.25, -0.2) is 8.42 Å². The van der Waals surface area contributed by atoms with Crippen LogP contribution in [0.3, 0.4) is 0 Å². The van der Waals surface area contributed by atoms with Gasteiger partial charge >= 0.3 is 0 Å². The van der Waals surface area contributed by atoms with Gasteiger partial charge in [-0.3, -0.25) is 4.79 Å². The molecule has 0 aliphatic heterocycles. The molecule has 0 aliphatic rings. The number of carbonyl (C=O) groups excluding carboxylic acids is 1. The summed E-state index contributed by atoms with van der Waals surface area (Å²) < 4.78 is 32.1. The Balaban J connectivity index is 1.72. The predicted molar refractivity (Wildman–Crippen MR) is 110 cm³/mol. The molecule has 6 nitrogen and oxygen atoms in total. The van der Waals surface area contributed by atoms with Crippen molar-refractivity contribution >= 4 is 32.4 Å². The quantitative estimate of drug-likeness (QED) is 0.661. The molecule has 146 valence electrons. The fraction of sp³-hybridized carbons (Fsp3) is 0.190. The normalized spacial score (nSPS) is 11.5. The van der Waals surface area contributed by atoms with Crippen LogP contribution >= 0.6 is 0 Å². The Morgan fingerprint density at radius 1 is 1.00 bits per heavy atom. The van der Waals surface area contributed by atoms with E-state index in [0.29, 0.717) is 18.0 Å². The van der Waals surface area contributed by atoms with Gasteiger partial charge in [0.05, 0.1) is 18.0 Å². The number of benzene rings is 3. The molecule has 0 unspecified atom stereocenters. The Morgan fingerprint density at radius 2 is 1.75 bits per heavy atom. The predicted octanol–water partition coefficient (Wildman–Crippen LogP) is 3.50. The number of rotatable bonds is 7. The Kier molecular flexibility index (Phi) is 5.96. The Labute approximate surface area is 164 Å². The summed E-state index contributed by atoms with van der Waals surface area (Å²) in [6.07, 6.45) is 0. The van der Waals surface area contributed by atoms with Crippen LogP contribution in [0.15, 0.2) is 71.6 Å². The number of anilines is 1. The molecule has 0 radical (unpaired) electrons. The highest BCUT2D eigenvalue weighted by Gasteiger charge is 2.23. The molecule has 0 spiro atoms. The van der Waals surface area contributed by atoms with Gasteiger partial charge in [-0.15, -0.1) is 0 Å². The van der Waals surface area contributed by atoms with Crippen LogP contribution < -0.4 is 10.1 Å². The lowest BCUT2D eigenvalue weighted by Gasteiger charge is -2.17. The minimum absolute atomic E-state index is 0.153. The maximum atomic E-state index is 12.8. The summed E-state index contributed by atoms with van der Waals surface area (Å²) in [6.45, 7) is 2.09. The van der Waals surface area contributed by atoms with E-state index in [2.05, 4.69) is 5.32 Å². The number of carbonyl (C=O) groups is 1. The van der Waals surface area contributed by atoms with Gasteiger partial charge in [0.1, 0.15) is 5.75 Å². The van der Waals surface area contributed by atoms with E-state index in [0.717, 1.165) is 15.1 Å². The highest BCUT2D eigenvalue weighted by Crippen LogP contribution is 2.21. The first kappa shape index (κ1) is 19.9. The Morgan fingerprint density at radius 3 is 2.50 bits per heavy atom. The summed E-state index contributed by atoms with van der Waals surface area (Å²) in [4.78, 5) is 12.5. The lowest BCUT2D eigenvalue weighted by Crippen LogP contribution is -2.34. The monoisotopic (exact) mass is 398 g/mol. The van der Waals surface area contributed by atoms with Crippen molar-refractivity contribution in [3.05, 3.63) is 66.7 Å². The first-order chi connectivity index (χ1) is 13.4. The van der Waals surface area contributed by atoms with Gasteiger partial charge in [0.15, 0.2) is 0 Å². The fourth-order valence-electron chi connectivity index (χ4n) is 2.83. The Hall–Kier alpha value is -2.90. The van der Waals surface area contributed by atoms with Gasteiger partial charge in [0.25, 0.3) is 0 Å². The minimum atomic E-state index is -3.79. The zero-order chi connectivity index (χ0) is 20.1. The van der Waals surface area contributed by atoms with Gasteiger partial charge in [0, 0.05) is 18.8 Å². The Bertz CT molecular complexity index is 1100. The third kappa shape index (κ3) is 4.49.